The van der Waals surface area contributed by atoms with Crippen molar-refractivity contribution in [3.8, 4) is 17.2 Å². The summed E-state index contributed by atoms with van der Waals surface area (Å²) in [4.78, 5) is 45.7. The molecule has 2 aromatic carbocycles. The molecule has 0 spiro atoms. The smallest absolute Gasteiger partial charge is 0.301 e. The maximum atomic E-state index is 13.7. The zero-order valence-corrected chi connectivity index (χ0v) is 25.2. The monoisotopic (exact) mass is 590 g/mol. The van der Waals surface area contributed by atoms with E-state index >= 15 is 0 Å². The van der Waals surface area contributed by atoms with Crippen LogP contribution in [0.1, 0.15) is 78.6 Å². The molecule has 0 radical (unpaired) electrons. The molecule has 10 heteroatoms. The molecule has 9 nitrogen and oxygen atoms in total. The lowest BCUT2D eigenvalue weighted by Crippen LogP contribution is -2.29. The van der Waals surface area contributed by atoms with Crippen molar-refractivity contribution in [1.29, 1.82) is 0 Å². The van der Waals surface area contributed by atoms with Crippen LogP contribution in [0.15, 0.2) is 42.0 Å². The molecule has 0 bridgehead atoms. The number of carbonyl (C=O) groups is 3. The van der Waals surface area contributed by atoms with Crippen LogP contribution in [0, 0.1) is 6.92 Å². The Labute approximate surface area is 248 Å². The van der Waals surface area contributed by atoms with Crippen molar-refractivity contribution in [2.45, 2.75) is 66.0 Å². The number of fused-ring (bicyclic) bond motifs is 1. The number of rotatable bonds is 10. The number of thiazole rings is 1. The number of aliphatic hydroxyl groups is 1. The number of aliphatic hydroxyl groups excluding tert-OH is 1. The number of Topliss-reactive ketones (excluding diaryl/α,β-unsaturated/α-hetero) is 2. The minimum atomic E-state index is -1.03. The van der Waals surface area contributed by atoms with Crippen molar-refractivity contribution >= 4 is 39.7 Å². The fourth-order valence-electron chi connectivity index (χ4n) is 5.29. The zero-order valence-electron chi connectivity index (χ0n) is 24.4. The Balaban J connectivity index is 1.68. The van der Waals surface area contributed by atoms with Crippen molar-refractivity contribution in [3.63, 3.8) is 0 Å². The average Bonchev–Trinajstić information content (AvgIpc) is 3.61. The zero-order chi connectivity index (χ0) is 30.1. The standard InChI is InChI=1S/C32H34N2O7S/c1-6-8-13-40-24-12-9-20(16-25(24)39-7-2)27-26(28(36)21-10-11-23-22(15-21)14-17(3)41-23)29(37)31(38)34(27)32-33-18(4)30(42-32)19(5)35/h9-12,15-17,27,36H,6-8,13-14H2,1-5H3/b28-26+/t17-,27-/m1/s1. The number of unbranched alkanes of at least 4 members (excludes halogenated alkanes) is 1. The highest BCUT2D eigenvalue weighted by Crippen LogP contribution is 2.46. The molecule has 1 fully saturated rings. The number of anilines is 1. The van der Waals surface area contributed by atoms with E-state index < -0.39 is 17.7 Å². The second-order valence-corrected chi connectivity index (χ2v) is 11.4. The van der Waals surface area contributed by atoms with Gasteiger partial charge in [-0.25, -0.2) is 4.98 Å². The molecule has 42 heavy (non-hydrogen) atoms. The van der Waals surface area contributed by atoms with Gasteiger partial charge in [0.1, 0.15) is 17.6 Å². The minimum Gasteiger partial charge on any atom is -0.507 e. The Kier molecular flexibility index (Phi) is 8.36. The van der Waals surface area contributed by atoms with Gasteiger partial charge in [-0.1, -0.05) is 30.7 Å². The number of aromatic nitrogens is 1. The first-order valence-corrected chi connectivity index (χ1v) is 14.9. The van der Waals surface area contributed by atoms with Crippen LogP contribution in [0.3, 0.4) is 0 Å². The number of ketones is 2. The highest BCUT2D eigenvalue weighted by molar-refractivity contribution is 7.18. The number of hydrogen-bond acceptors (Lipinski definition) is 9. The number of ether oxygens (including phenoxy) is 3. The minimum absolute atomic E-state index is 0.00152. The number of nitrogens with zero attached hydrogens (tertiary/aromatic N) is 2. The van der Waals surface area contributed by atoms with Gasteiger partial charge in [0.05, 0.1) is 35.4 Å². The second-order valence-electron chi connectivity index (χ2n) is 10.4. The van der Waals surface area contributed by atoms with E-state index in [0.29, 0.717) is 52.8 Å². The Morgan fingerprint density at radius 1 is 1.14 bits per heavy atom. The lowest BCUT2D eigenvalue weighted by atomic mass is 9.94. The van der Waals surface area contributed by atoms with Crippen molar-refractivity contribution < 1.29 is 33.7 Å². The molecule has 5 rings (SSSR count). The second kappa shape index (κ2) is 12.0. The molecular weight excluding hydrogens is 556 g/mol. The van der Waals surface area contributed by atoms with Gasteiger partial charge in [0.25, 0.3) is 5.78 Å². The first kappa shape index (κ1) is 29.3. The summed E-state index contributed by atoms with van der Waals surface area (Å²) in [5, 5.41) is 11.8. The molecule has 3 aromatic rings. The van der Waals surface area contributed by atoms with Crippen molar-refractivity contribution in [2.24, 2.45) is 0 Å². The molecule has 1 N–H and O–H groups in total. The SMILES string of the molecule is CCCCOc1ccc([C@@H]2/C(=C(\O)c3ccc4c(c3)C[C@@H](C)O4)C(=O)C(=O)N2c2nc(C)c(C(C)=O)s2)cc1OCC. The molecule has 0 aliphatic carbocycles. The number of benzene rings is 2. The average molecular weight is 591 g/mol. The predicted octanol–water partition coefficient (Wildman–Crippen LogP) is 6.18. The van der Waals surface area contributed by atoms with Crippen LogP contribution in [0.2, 0.25) is 0 Å². The summed E-state index contributed by atoms with van der Waals surface area (Å²) < 4.78 is 17.6. The van der Waals surface area contributed by atoms with E-state index in [0.717, 1.165) is 35.5 Å². The van der Waals surface area contributed by atoms with E-state index in [1.807, 2.05) is 13.8 Å². The van der Waals surface area contributed by atoms with E-state index in [4.69, 9.17) is 14.2 Å². The topological polar surface area (TPSA) is 115 Å². The maximum Gasteiger partial charge on any atom is 0.301 e. The molecule has 0 saturated carbocycles. The first-order valence-electron chi connectivity index (χ1n) is 14.1. The van der Waals surface area contributed by atoms with Gasteiger partial charge in [-0.2, -0.15) is 0 Å². The number of aryl methyl sites for hydroxylation is 1. The van der Waals surface area contributed by atoms with Gasteiger partial charge in [-0.3, -0.25) is 19.3 Å². The van der Waals surface area contributed by atoms with E-state index in [1.54, 1.807) is 43.3 Å². The van der Waals surface area contributed by atoms with Gasteiger partial charge >= 0.3 is 5.91 Å². The molecule has 3 heterocycles. The van der Waals surface area contributed by atoms with E-state index in [2.05, 4.69) is 11.9 Å². The fourth-order valence-corrected chi connectivity index (χ4v) is 6.28. The molecular formula is C32H34N2O7S. The Morgan fingerprint density at radius 2 is 1.93 bits per heavy atom. The van der Waals surface area contributed by atoms with E-state index in [-0.39, 0.29) is 28.4 Å². The summed E-state index contributed by atoms with van der Waals surface area (Å²) in [7, 11) is 0. The van der Waals surface area contributed by atoms with Gasteiger partial charge in [0.15, 0.2) is 22.4 Å². The third-order valence-corrected chi connectivity index (χ3v) is 8.52. The third kappa shape index (κ3) is 5.38. The molecule has 2 aliphatic rings. The first-order chi connectivity index (χ1) is 20.1. The van der Waals surface area contributed by atoms with Crippen LogP contribution in [0.4, 0.5) is 5.13 Å². The molecule has 2 aliphatic heterocycles. The highest BCUT2D eigenvalue weighted by Gasteiger charge is 2.48. The maximum absolute atomic E-state index is 13.7. The predicted molar refractivity (Wildman–Crippen MR) is 160 cm³/mol. The number of carbonyl (C=O) groups excluding carboxylic acids is 3. The molecule has 1 amide bonds. The lowest BCUT2D eigenvalue weighted by molar-refractivity contribution is -0.132. The summed E-state index contributed by atoms with van der Waals surface area (Å²) in [6.07, 6.45) is 2.51. The summed E-state index contributed by atoms with van der Waals surface area (Å²) in [6.45, 7) is 9.89. The summed E-state index contributed by atoms with van der Waals surface area (Å²) >= 11 is 1.04. The van der Waals surface area contributed by atoms with Gasteiger partial charge in [-0.05, 0) is 68.7 Å². The fraction of sp³-hybridized carbons (Fsp3) is 0.375. The molecule has 1 saturated heterocycles. The molecule has 2 atom stereocenters. The van der Waals surface area contributed by atoms with E-state index in [9.17, 15) is 19.5 Å². The third-order valence-electron chi connectivity index (χ3n) is 7.26. The van der Waals surface area contributed by atoms with Crippen LogP contribution in [0.25, 0.3) is 5.76 Å². The summed E-state index contributed by atoms with van der Waals surface area (Å²) in [5.74, 6) is -0.449. The quantitative estimate of drug-likeness (QED) is 0.0979. The normalized spacial score (nSPS) is 19.1. The molecule has 220 valence electrons. The van der Waals surface area contributed by atoms with Crippen LogP contribution in [-0.2, 0) is 16.0 Å². The van der Waals surface area contributed by atoms with Crippen molar-refractivity contribution in [2.75, 3.05) is 18.1 Å². The molecule has 0 unspecified atom stereocenters. The van der Waals surface area contributed by atoms with Gasteiger partial charge in [-0.15, -0.1) is 0 Å². The van der Waals surface area contributed by atoms with Gasteiger partial charge < -0.3 is 19.3 Å². The summed E-state index contributed by atoms with van der Waals surface area (Å²) in [5.41, 5.74) is 2.22. The van der Waals surface area contributed by atoms with Crippen LogP contribution in [0.5, 0.6) is 17.2 Å². The van der Waals surface area contributed by atoms with Crippen LogP contribution < -0.4 is 19.1 Å². The Hall–Kier alpha value is -4.18. The summed E-state index contributed by atoms with van der Waals surface area (Å²) in [6, 6.07) is 9.43. The van der Waals surface area contributed by atoms with Crippen LogP contribution in [-0.4, -0.2) is 46.9 Å². The van der Waals surface area contributed by atoms with Crippen molar-refractivity contribution in [1.82, 2.24) is 4.98 Å². The van der Waals surface area contributed by atoms with E-state index in [1.165, 1.54) is 11.8 Å². The Bertz CT molecular complexity index is 1590. The Morgan fingerprint density at radius 3 is 2.62 bits per heavy atom. The number of hydrogen-bond donors (Lipinski definition) is 1. The largest absolute Gasteiger partial charge is 0.507 e. The molecule has 1 aromatic heterocycles. The number of amides is 1. The van der Waals surface area contributed by atoms with Gasteiger partial charge in [0.2, 0.25) is 0 Å². The lowest BCUT2D eigenvalue weighted by Gasteiger charge is -2.24. The van der Waals surface area contributed by atoms with Crippen LogP contribution >= 0.6 is 11.3 Å². The van der Waals surface area contributed by atoms with Gasteiger partial charge in [0, 0.05) is 18.9 Å². The highest BCUT2D eigenvalue weighted by atomic mass is 32.1. The van der Waals surface area contributed by atoms with Crippen molar-refractivity contribution in [3.05, 3.63) is 69.2 Å².